The van der Waals surface area contributed by atoms with Crippen LogP contribution in [-0.4, -0.2) is 31.4 Å². The Morgan fingerprint density at radius 3 is 1.90 bits per heavy atom. The highest BCUT2D eigenvalue weighted by atomic mass is 79.9. The van der Waals surface area contributed by atoms with Gasteiger partial charge in [0.1, 0.15) is 0 Å². The average molecular weight is 512 g/mol. The molecule has 0 radical (unpaired) electrons. The molecular weight excluding hydrogens is 486 g/mol. The third kappa shape index (κ3) is 4.22. The van der Waals surface area contributed by atoms with Gasteiger partial charge < -0.3 is 19.9 Å². The lowest BCUT2D eigenvalue weighted by atomic mass is 9.78. The average Bonchev–Trinajstić information content (AvgIpc) is 3.34. The molecule has 0 unspecified atom stereocenters. The molecule has 1 saturated heterocycles. The highest BCUT2D eigenvalue weighted by molar-refractivity contribution is 9.10. The molecule has 160 valence electrons. The van der Waals surface area contributed by atoms with E-state index in [9.17, 15) is 0 Å². The molecule has 0 saturated carbocycles. The van der Waals surface area contributed by atoms with Crippen molar-refractivity contribution in [1.29, 1.82) is 0 Å². The van der Waals surface area contributed by atoms with Gasteiger partial charge in [-0.15, -0.1) is 0 Å². The predicted molar refractivity (Wildman–Crippen MR) is 131 cm³/mol. The standard InChI is InChI=1S/C14H19BClNO2.C8H7BrClN/c1-13(2)14(3,4)19-15(18-13)10-7-9-5-6-17-12(9)11(16)8-10;9-6-3-5-1-2-11-8(5)7(10)4-6/h7-8,17H,5-6H2,1-4H3;3-4,11H,1-2H2. The molecule has 0 atom stereocenters. The van der Waals surface area contributed by atoms with E-state index in [4.69, 9.17) is 32.5 Å². The summed E-state index contributed by atoms with van der Waals surface area (Å²) in [7, 11) is -0.339. The molecule has 3 aliphatic heterocycles. The summed E-state index contributed by atoms with van der Waals surface area (Å²) in [5.74, 6) is 0. The quantitative estimate of drug-likeness (QED) is 0.483. The number of nitrogens with one attached hydrogen (secondary N) is 2. The Kier molecular flexibility index (Phi) is 6.10. The summed E-state index contributed by atoms with van der Waals surface area (Å²) in [4.78, 5) is 0. The zero-order valence-electron chi connectivity index (χ0n) is 17.7. The van der Waals surface area contributed by atoms with Crippen LogP contribution in [-0.2, 0) is 22.2 Å². The van der Waals surface area contributed by atoms with Crippen LogP contribution in [0, 0.1) is 0 Å². The van der Waals surface area contributed by atoms with Crippen LogP contribution in [0.4, 0.5) is 11.4 Å². The minimum Gasteiger partial charge on any atom is -0.399 e. The Hall–Kier alpha value is -0.915. The van der Waals surface area contributed by atoms with Crippen LogP contribution in [0.2, 0.25) is 10.0 Å². The lowest BCUT2D eigenvalue weighted by molar-refractivity contribution is 0.00578. The normalized spacial score (nSPS) is 20.0. The summed E-state index contributed by atoms with van der Waals surface area (Å²) in [5, 5.41) is 8.11. The number of benzene rings is 2. The van der Waals surface area contributed by atoms with Crippen LogP contribution >= 0.6 is 39.1 Å². The number of rotatable bonds is 1. The van der Waals surface area contributed by atoms with Crippen LogP contribution in [0.15, 0.2) is 28.7 Å². The number of hydrogen-bond donors (Lipinski definition) is 2. The Balaban J connectivity index is 0.000000168. The Labute approximate surface area is 197 Å². The summed E-state index contributed by atoms with van der Waals surface area (Å²) in [6.45, 7) is 10.2. The maximum absolute atomic E-state index is 6.32. The second-order valence-electron chi connectivity index (χ2n) is 8.90. The first kappa shape index (κ1) is 22.3. The first-order chi connectivity index (χ1) is 14.1. The number of hydrogen-bond acceptors (Lipinski definition) is 4. The van der Waals surface area contributed by atoms with Gasteiger partial charge >= 0.3 is 7.12 Å². The second-order valence-corrected chi connectivity index (χ2v) is 10.6. The molecule has 8 heteroatoms. The van der Waals surface area contributed by atoms with Crippen LogP contribution in [0.1, 0.15) is 38.8 Å². The SMILES string of the molecule is CC1(C)OB(c2cc(Cl)c3c(c2)CCN3)OC1(C)C.Clc1cc(Br)cc2c1NCC2. The van der Waals surface area contributed by atoms with E-state index in [-0.39, 0.29) is 18.3 Å². The molecule has 0 spiro atoms. The van der Waals surface area contributed by atoms with Gasteiger partial charge in [-0.2, -0.15) is 0 Å². The van der Waals surface area contributed by atoms with Gasteiger partial charge in [-0.3, -0.25) is 0 Å². The van der Waals surface area contributed by atoms with Gasteiger partial charge in [0, 0.05) is 17.6 Å². The van der Waals surface area contributed by atoms with Crippen LogP contribution in [0.5, 0.6) is 0 Å². The first-order valence-corrected chi connectivity index (χ1v) is 11.8. The highest BCUT2D eigenvalue weighted by Crippen LogP contribution is 2.38. The van der Waals surface area contributed by atoms with Gasteiger partial charge in [-0.25, -0.2) is 0 Å². The second kappa shape index (κ2) is 8.21. The molecular formula is C22H26BBrCl2N2O2. The maximum atomic E-state index is 6.32. The Bertz CT molecular complexity index is 968. The molecule has 5 rings (SSSR count). The molecule has 0 aromatic heterocycles. The van der Waals surface area contributed by atoms with Crippen molar-refractivity contribution >= 4 is 63.1 Å². The van der Waals surface area contributed by atoms with Crippen molar-refractivity contribution in [2.45, 2.75) is 51.7 Å². The van der Waals surface area contributed by atoms with E-state index in [0.717, 1.165) is 57.3 Å². The topological polar surface area (TPSA) is 42.5 Å². The van der Waals surface area contributed by atoms with Crippen LogP contribution in [0.25, 0.3) is 0 Å². The largest absolute Gasteiger partial charge is 0.494 e. The fourth-order valence-electron chi connectivity index (χ4n) is 3.86. The predicted octanol–water partition coefficient (Wildman–Crippen LogP) is 5.68. The molecule has 0 aliphatic carbocycles. The van der Waals surface area contributed by atoms with E-state index in [0.29, 0.717) is 0 Å². The van der Waals surface area contributed by atoms with Crippen molar-refractivity contribution in [3.05, 3.63) is 49.9 Å². The van der Waals surface area contributed by atoms with Crippen molar-refractivity contribution in [3.63, 3.8) is 0 Å². The van der Waals surface area contributed by atoms with Crippen molar-refractivity contribution in [1.82, 2.24) is 0 Å². The molecule has 3 aliphatic rings. The Morgan fingerprint density at radius 2 is 1.33 bits per heavy atom. The number of halogens is 3. The van der Waals surface area contributed by atoms with E-state index in [2.05, 4.69) is 66.4 Å². The molecule has 2 aromatic rings. The van der Waals surface area contributed by atoms with Gasteiger partial charge in [-0.05, 0) is 75.3 Å². The lowest BCUT2D eigenvalue weighted by Gasteiger charge is -2.32. The number of fused-ring (bicyclic) bond motifs is 2. The molecule has 2 N–H and O–H groups in total. The molecule has 3 heterocycles. The highest BCUT2D eigenvalue weighted by Gasteiger charge is 2.51. The van der Waals surface area contributed by atoms with Gasteiger partial charge in [0.15, 0.2) is 0 Å². The van der Waals surface area contributed by atoms with Crippen molar-refractivity contribution in [3.8, 4) is 0 Å². The first-order valence-electron chi connectivity index (χ1n) is 10.2. The third-order valence-corrected chi connectivity index (χ3v) is 7.30. The van der Waals surface area contributed by atoms with Crippen LogP contribution in [0.3, 0.4) is 0 Å². The summed E-state index contributed by atoms with van der Waals surface area (Å²) < 4.78 is 13.2. The summed E-state index contributed by atoms with van der Waals surface area (Å²) in [6, 6.07) is 8.12. The minimum absolute atomic E-state index is 0.318. The van der Waals surface area contributed by atoms with Gasteiger partial charge in [0.25, 0.3) is 0 Å². The fraction of sp³-hybridized carbons (Fsp3) is 0.455. The maximum Gasteiger partial charge on any atom is 0.494 e. The summed E-state index contributed by atoms with van der Waals surface area (Å²) >= 11 is 15.7. The van der Waals surface area contributed by atoms with E-state index >= 15 is 0 Å². The van der Waals surface area contributed by atoms with E-state index < -0.39 is 0 Å². The van der Waals surface area contributed by atoms with Crippen molar-refractivity contribution in [2.24, 2.45) is 0 Å². The van der Waals surface area contributed by atoms with Gasteiger partial charge in [0.05, 0.1) is 32.6 Å². The van der Waals surface area contributed by atoms with Gasteiger partial charge in [-0.1, -0.05) is 45.2 Å². The van der Waals surface area contributed by atoms with Crippen molar-refractivity contribution < 1.29 is 9.31 Å². The third-order valence-electron chi connectivity index (χ3n) is 6.25. The smallest absolute Gasteiger partial charge is 0.399 e. The molecule has 0 bridgehead atoms. The molecule has 0 amide bonds. The molecule has 2 aromatic carbocycles. The summed E-state index contributed by atoms with van der Waals surface area (Å²) in [5.41, 5.74) is 5.09. The number of anilines is 2. The fourth-order valence-corrected chi connectivity index (χ4v) is 5.12. The monoisotopic (exact) mass is 510 g/mol. The molecule has 1 fully saturated rings. The minimum atomic E-state index is -0.339. The van der Waals surface area contributed by atoms with Crippen LogP contribution < -0.4 is 16.1 Å². The summed E-state index contributed by atoms with van der Waals surface area (Å²) in [6.07, 6.45) is 2.08. The van der Waals surface area contributed by atoms with E-state index in [1.165, 1.54) is 11.1 Å². The van der Waals surface area contributed by atoms with Gasteiger partial charge in [0.2, 0.25) is 0 Å². The van der Waals surface area contributed by atoms with Crippen molar-refractivity contribution in [2.75, 3.05) is 23.7 Å². The zero-order chi connectivity index (χ0) is 21.7. The zero-order valence-corrected chi connectivity index (χ0v) is 20.8. The molecule has 4 nitrogen and oxygen atoms in total. The van der Waals surface area contributed by atoms with E-state index in [1.807, 2.05) is 12.1 Å². The Morgan fingerprint density at radius 1 is 0.833 bits per heavy atom. The lowest BCUT2D eigenvalue weighted by Crippen LogP contribution is -2.41. The molecule has 30 heavy (non-hydrogen) atoms. The van der Waals surface area contributed by atoms with E-state index in [1.54, 1.807) is 0 Å².